The molecule has 2 aromatic carbocycles. The summed E-state index contributed by atoms with van der Waals surface area (Å²) < 4.78 is 0. The standard InChI is InChI=1S/C22H24ClN5O3/c1-25-19-18(20(30)28(22(25)31)11-14-6-5-7-15(23)10-14)27-13-17(29)12-26(21(27)24-19)16-8-3-2-4-9-16/h2-10,17-19,21,24,29H,11-13H2,1H3. The molecule has 3 aliphatic heterocycles. The molecule has 0 radical (unpaired) electrons. The number of hydrogen-bond donors (Lipinski definition) is 2. The first kappa shape index (κ1) is 20.3. The van der Waals surface area contributed by atoms with Gasteiger partial charge in [-0.05, 0) is 29.8 Å². The van der Waals surface area contributed by atoms with E-state index in [1.54, 1.807) is 30.1 Å². The van der Waals surface area contributed by atoms with Gasteiger partial charge in [-0.3, -0.25) is 19.9 Å². The van der Waals surface area contributed by atoms with Crippen molar-refractivity contribution in [3.8, 4) is 0 Å². The van der Waals surface area contributed by atoms with Gasteiger partial charge in [-0.15, -0.1) is 0 Å². The molecule has 2 aromatic rings. The zero-order valence-corrected chi connectivity index (χ0v) is 17.8. The number of likely N-dealkylation sites (N-methyl/N-ethyl adjacent to an activating group) is 1. The summed E-state index contributed by atoms with van der Waals surface area (Å²) in [5.41, 5.74) is 1.73. The van der Waals surface area contributed by atoms with Gasteiger partial charge in [-0.2, -0.15) is 0 Å². The van der Waals surface area contributed by atoms with Gasteiger partial charge >= 0.3 is 6.03 Å². The lowest BCUT2D eigenvalue weighted by atomic mass is 10.1. The summed E-state index contributed by atoms with van der Waals surface area (Å²) in [7, 11) is 1.70. The van der Waals surface area contributed by atoms with Crippen LogP contribution in [0.5, 0.6) is 0 Å². The molecule has 0 aromatic heterocycles. The predicted octanol–water partition coefficient (Wildman–Crippen LogP) is 1.50. The van der Waals surface area contributed by atoms with E-state index in [1.165, 1.54) is 4.90 Å². The Kier molecular flexibility index (Phi) is 5.10. The van der Waals surface area contributed by atoms with Crippen molar-refractivity contribution in [3.63, 3.8) is 0 Å². The molecule has 0 saturated carbocycles. The Morgan fingerprint density at radius 2 is 1.87 bits per heavy atom. The number of nitrogens with zero attached hydrogens (tertiary/aromatic N) is 4. The number of aliphatic hydroxyl groups is 1. The van der Waals surface area contributed by atoms with Crippen LogP contribution >= 0.6 is 11.6 Å². The van der Waals surface area contributed by atoms with E-state index < -0.39 is 18.3 Å². The van der Waals surface area contributed by atoms with E-state index in [0.717, 1.165) is 11.3 Å². The molecule has 3 heterocycles. The Morgan fingerprint density at radius 1 is 1.10 bits per heavy atom. The summed E-state index contributed by atoms with van der Waals surface area (Å²) in [5.74, 6) is -0.273. The van der Waals surface area contributed by atoms with Gasteiger partial charge in [0.1, 0.15) is 18.5 Å². The van der Waals surface area contributed by atoms with Crippen molar-refractivity contribution in [1.82, 2.24) is 20.0 Å². The topological polar surface area (TPSA) is 79.4 Å². The lowest BCUT2D eigenvalue weighted by molar-refractivity contribution is -0.139. The van der Waals surface area contributed by atoms with E-state index in [1.807, 2.05) is 46.2 Å². The zero-order valence-electron chi connectivity index (χ0n) is 17.1. The average molecular weight is 442 g/mol. The van der Waals surface area contributed by atoms with Crippen molar-refractivity contribution in [1.29, 1.82) is 0 Å². The van der Waals surface area contributed by atoms with Crippen molar-refractivity contribution in [2.75, 3.05) is 25.0 Å². The van der Waals surface area contributed by atoms with Gasteiger partial charge in [0.15, 0.2) is 0 Å². The van der Waals surface area contributed by atoms with E-state index >= 15 is 0 Å². The third kappa shape index (κ3) is 3.45. The first-order valence-corrected chi connectivity index (χ1v) is 10.7. The number of para-hydroxylation sites is 1. The molecule has 5 rings (SSSR count). The summed E-state index contributed by atoms with van der Waals surface area (Å²) in [6, 6.07) is 16.0. The van der Waals surface area contributed by atoms with E-state index in [4.69, 9.17) is 11.6 Å². The fraction of sp³-hybridized carbons (Fsp3) is 0.364. The predicted molar refractivity (Wildman–Crippen MR) is 116 cm³/mol. The first-order chi connectivity index (χ1) is 14.9. The number of rotatable bonds is 3. The monoisotopic (exact) mass is 441 g/mol. The molecule has 4 atom stereocenters. The number of amides is 3. The highest BCUT2D eigenvalue weighted by Gasteiger charge is 2.57. The lowest BCUT2D eigenvalue weighted by Gasteiger charge is -2.45. The number of urea groups is 1. The SMILES string of the molecule is CN1C(=O)N(Cc2cccc(Cl)c2)C(=O)C2C1NC1N(c3ccccc3)CC(O)CN21. The summed E-state index contributed by atoms with van der Waals surface area (Å²) >= 11 is 6.08. The second-order valence-corrected chi connectivity index (χ2v) is 8.65. The molecule has 3 aliphatic rings. The summed E-state index contributed by atoms with van der Waals surface area (Å²) in [4.78, 5) is 33.4. The fourth-order valence-corrected chi connectivity index (χ4v) is 4.99. The number of carbonyl (C=O) groups is 2. The smallest absolute Gasteiger partial charge is 0.328 e. The van der Waals surface area contributed by atoms with Gasteiger partial charge in [-0.25, -0.2) is 4.79 Å². The number of fused-ring (bicyclic) bond motifs is 3. The second kappa shape index (κ2) is 7.80. The van der Waals surface area contributed by atoms with Crippen LogP contribution in [0.3, 0.4) is 0 Å². The van der Waals surface area contributed by atoms with Crippen molar-refractivity contribution in [2.45, 2.75) is 31.1 Å². The highest BCUT2D eigenvalue weighted by molar-refractivity contribution is 6.30. The molecule has 8 nitrogen and oxygen atoms in total. The van der Waals surface area contributed by atoms with Crippen LogP contribution in [0.2, 0.25) is 5.02 Å². The largest absolute Gasteiger partial charge is 0.390 e. The lowest BCUT2D eigenvalue weighted by Crippen LogP contribution is -2.66. The van der Waals surface area contributed by atoms with Crippen LogP contribution in [0.1, 0.15) is 5.56 Å². The van der Waals surface area contributed by atoms with Crippen LogP contribution < -0.4 is 10.2 Å². The second-order valence-electron chi connectivity index (χ2n) is 8.22. The number of carbonyl (C=O) groups excluding carboxylic acids is 2. The minimum Gasteiger partial charge on any atom is -0.390 e. The average Bonchev–Trinajstić information content (AvgIpc) is 3.15. The number of aliphatic hydroxyl groups excluding tert-OH is 1. The van der Waals surface area contributed by atoms with Crippen LogP contribution in [0.15, 0.2) is 54.6 Å². The van der Waals surface area contributed by atoms with E-state index in [9.17, 15) is 14.7 Å². The maximum Gasteiger partial charge on any atom is 0.328 e. The number of anilines is 1. The van der Waals surface area contributed by atoms with Crippen LogP contribution in [0, 0.1) is 0 Å². The molecule has 3 saturated heterocycles. The van der Waals surface area contributed by atoms with E-state index in [0.29, 0.717) is 18.1 Å². The number of hydrogen-bond acceptors (Lipinski definition) is 6. The van der Waals surface area contributed by atoms with Gasteiger partial charge in [0.25, 0.3) is 5.91 Å². The molecule has 2 N–H and O–H groups in total. The molecule has 3 amide bonds. The van der Waals surface area contributed by atoms with Gasteiger partial charge in [0.2, 0.25) is 0 Å². The van der Waals surface area contributed by atoms with Crippen LogP contribution in [-0.4, -0.2) is 76.5 Å². The maximum absolute atomic E-state index is 13.5. The molecule has 3 fully saturated rings. The Bertz CT molecular complexity index is 1010. The van der Waals surface area contributed by atoms with E-state index in [-0.39, 0.29) is 24.8 Å². The number of imide groups is 1. The maximum atomic E-state index is 13.5. The van der Waals surface area contributed by atoms with Gasteiger partial charge in [-0.1, -0.05) is 41.9 Å². The van der Waals surface area contributed by atoms with Crippen LogP contribution in [0.25, 0.3) is 0 Å². The van der Waals surface area contributed by atoms with Gasteiger partial charge in [0, 0.05) is 30.8 Å². The molecular formula is C22H24ClN5O3. The molecule has 31 heavy (non-hydrogen) atoms. The third-order valence-electron chi connectivity index (χ3n) is 6.20. The number of nitrogens with one attached hydrogen (secondary N) is 1. The normalized spacial score (nSPS) is 28.7. The minimum atomic E-state index is -0.617. The molecule has 162 valence electrons. The van der Waals surface area contributed by atoms with Gasteiger partial charge in [0.05, 0.1) is 12.6 Å². The summed E-state index contributed by atoms with van der Waals surface area (Å²) in [5, 5.41) is 14.6. The molecule has 0 spiro atoms. The molecule has 4 unspecified atom stereocenters. The third-order valence-corrected chi connectivity index (χ3v) is 6.44. The zero-order chi connectivity index (χ0) is 21.7. The molecule has 0 aliphatic carbocycles. The molecular weight excluding hydrogens is 418 g/mol. The van der Waals surface area contributed by atoms with Crippen LogP contribution in [-0.2, 0) is 11.3 Å². The highest BCUT2D eigenvalue weighted by atomic mass is 35.5. The highest BCUT2D eigenvalue weighted by Crippen LogP contribution is 2.33. The summed E-state index contributed by atoms with van der Waals surface area (Å²) in [6.07, 6.45) is -1.39. The molecule has 0 bridgehead atoms. The quantitative estimate of drug-likeness (QED) is 0.751. The van der Waals surface area contributed by atoms with Crippen molar-refractivity contribution in [3.05, 3.63) is 65.2 Å². The minimum absolute atomic E-state index is 0.148. The van der Waals surface area contributed by atoms with Crippen LogP contribution in [0.4, 0.5) is 10.5 Å². The van der Waals surface area contributed by atoms with Gasteiger partial charge < -0.3 is 14.9 Å². The van der Waals surface area contributed by atoms with E-state index in [2.05, 4.69) is 5.32 Å². The van der Waals surface area contributed by atoms with Crippen molar-refractivity contribution < 1.29 is 14.7 Å². The number of β-amino-alcohol motifs (C(OH)–C–C–N with tert-alkyl or cyclic N) is 1. The Hall–Kier alpha value is -2.65. The fourth-order valence-electron chi connectivity index (χ4n) is 4.78. The Morgan fingerprint density at radius 3 is 2.61 bits per heavy atom. The summed E-state index contributed by atoms with van der Waals surface area (Å²) in [6.45, 7) is 0.936. The molecule has 9 heteroatoms. The Labute approximate surface area is 185 Å². The van der Waals surface area contributed by atoms with Crippen molar-refractivity contribution in [2.24, 2.45) is 0 Å². The number of benzene rings is 2. The Balaban J connectivity index is 1.46. The van der Waals surface area contributed by atoms with Crippen molar-refractivity contribution >= 4 is 29.2 Å². The first-order valence-electron chi connectivity index (χ1n) is 10.3. The number of halogens is 1.